The summed E-state index contributed by atoms with van der Waals surface area (Å²) in [5, 5.41) is 6.98. The topological polar surface area (TPSA) is 24.1 Å². The van der Waals surface area contributed by atoms with E-state index in [0.29, 0.717) is 0 Å². The standard InChI is InChI=1S/C21H24N2/c1-5-14(2)18-10-9-17(13-15(18)3)19-7-6-8-20-21(19)22-12-11-16(4)23-20/h5-10,13,22-23H,4,11-12H2,1-3H3/b14-5-. The minimum Gasteiger partial charge on any atom is -0.382 e. The Morgan fingerprint density at radius 1 is 1.22 bits per heavy atom. The van der Waals surface area contributed by atoms with Crippen LogP contribution in [0.25, 0.3) is 16.7 Å². The molecule has 0 fully saturated rings. The Bertz CT molecular complexity index is 784. The lowest BCUT2D eigenvalue weighted by Gasteiger charge is -2.16. The zero-order chi connectivity index (χ0) is 16.4. The average Bonchev–Trinajstić information content (AvgIpc) is 2.74. The predicted octanol–water partition coefficient (Wildman–Crippen LogP) is 5.83. The lowest BCUT2D eigenvalue weighted by molar-refractivity contribution is 1.03. The van der Waals surface area contributed by atoms with Crippen LogP contribution in [0.2, 0.25) is 0 Å². The third-order valence-corrected chi connectivity index (χ3v) is 4.50. The largest absolute Gasteiger partial charge is 0.382 e. The number of aryl methyl sites for hydroxylation is 1. The molecular weight excluding hydrogens is 280 g/mol. The molecular formula is C21H24N2. The number of hydrogen-bond acceptors (Lipinski definition) is 2. The second kappa shape index (κ2) is 6.33. The normalized spacial score (nSPS) is 14.6. The third-order valence-electron chi connectivity index (χ3n) is 4.50. The van der Waals surface area contributed by atoms with Crippen LogP contribution in [0, 0.1) is 6.92 Å². The first-order valence-corrected chi connectivity index (χ1v) is 8.16. The first-order chi connectivity index (χ1) is 11.1. The van der Waals surface area contributed by atoms with Gasteiger partial charge in [-0.2, -0.15) is 0 Å². The van der Waals surface area contributed by atoms with E-state index in [2.05, 4.69) is 80.5 Å². The minimum atomic E-state index is 0.907. The maximum absolute atomic E-state index is 4.07. The van der Waals surface area contributed by atoms with E-state index in [-0.39, 0.29) is 0 Å². The molecule has 0 aliphatic carbocycles. The SMILES string of the molecule is C=C1CCNc2c(cccc2-c2ccc(/C(C)=C\C)c(C)c2)N1. The van der Waals surface area contributed by atoms with Crippen LogP contribution in [0.15, 0.2) is 54.8 Å². The van der Waals surface area contributed by atoms with Gasteiger partial charge in [-0.1, -0.05) is 43.0 Å². The first kappa shape index (κ1) is 15.4. The Labute approximate surface area is 138 Å². The van der Waals surface area contributed by atoms with Crippen molar-refractivity contribution in [2.24, 2.45) is 0 Å². The molecule has 0 amide bonds. The molecule has 0 saturated heterocycles. The molecule has 0 aromatic heterocycles. The highest BCUT2D eigenvalue weighted by atomic mass is 15.0. The summed E-state index contributed by atoms with van der Waals surface area (Å²) in [7, 11) is 0. The summed E-state index contributed by atoms with van der Waals surface area (Å²) in [5.74, 6) is 0. The molecule has 0 spiro atoms. The quantitative estimate of drug-likeness (QED) is 0.729. The van der Waals surface area contributed by atoms with Gasteiger partial charge in [0.15, 0.2) is 0 Å². The number of fused-ring (bicyclic) bond motifs is 1. The summed E-state index contributed by atoms with van der Waals surface area (Å²) in [6, 6.07) is 13.1. The molecule has 0 saturated carbocycles. The van der Waals surface area contributed by atoms with Gasteiger partial charge >= 0.3 is 0 Å². The Balaban J connectivity index is 2.08. The number of hydrogen-bond donors (Lipinski definition) is 2. The van der Waals surface area contributed by atoms with E-state index in [4.69, 9.17) is 0 Å². The molecule has 3 rings (SSSR count). The Kier molecular flexibility index (Phi) is 4.24. The van der Waals surface area contributed by atoms with Crippen molar-refractivity contribution in [1.82, 2.24) is 0 Å². The highest BCUT2D eigenvalue weighted by Crippen LogP contribution is 2.37. The van der Waals surface area contributed by atoms with Crippen molar-refractivity contribution in [2.75, 3.05) is 17.2 Å². The molecule has 2 heteroatoms. The molecule has 2 nitrogen and oxygen atoms in total. The first-order valence-electron chi connectivity index (χ1n) is 8.16. The van der Waals surface area contributed by atoms with Crippen LogP contribution in [0.4, 0.5) is 11.4 Å². The van der Waals surface area contributed by atoms with E-state index >= 15 is 0 Å². The van der Waals surface area contributed by atoms with Gasteiger partial charge in [-0.15, -0.1) is 0 Å². The van der Waals surface area contributed by atoms with E-state index in [0.717, 1.165) is 24.4 Å². The minimum absolute atomic E-state index is 0.907. The van der Waals surface area contributed by atoms with Crippen molar-refractivity contribution < 1.29 is 0 Å². The van der Waals surface area contributed by atoms with Crippen LogP contribution < -0.4 is 10.6 Å². The summed E-state index contributed by atoms with van der Waals surface area (Å²) in [4.78, 5) is 0. The molecule has 1 aliphatic heterocycles. The number of anilines is 2. The zero-order valence-corrected chi connectivity index (χ0v) is 14.2. The number of rotatable bonds is 2. The summed E-state index contributed by atoms with van der Waals surface area (Å²) in [6.07, 6.45) is 3.10. The molecule has 2 aromatic rings. The second-order valence-electron chi connectivity index (χ2n) is 6.13. The molecule has 1 heterocycles. The van der Waals surface area contributed by atoms with Crippen LogP contribution in [-0.2, 0) is 0 Å². The van der Waals surface area contributed by atoms with Crippen molar-refractivity contribution in [1.29, 1.82) is 0 Å². The fraction of sp³-hybridized carbons (Fsp3) is 0.238. The molecule has 23 heavy (non-hydrogen) atoms. The highest BCUT2D eigenvalue weighted by molar-refractivity contribution is 5.89. The predicted molar refractivity (Wildman–Crippen MR) is 102 cm³/mol. The van der Waals surface area contributed by atoms with Gasteiger partial charge in [-0.25, -0.2) is 0 Å². The van der Waals surface area contributed by atoms with Crippen molar-refractivity contribution in [3.63, 3.8) is 0 Å². The maximum atomic E-state index is 4.07. The van der Waals surface area contributed by atoms with E-state index in [9.17, 15) is 0 Å². The Hall–Kier alpha value is -2.48. The van der Waals surface area contributed by atoms with Gasteiger partial charge in [0.2, 0.25) is 0 Å². The van der Waals surface area contributed by atoms with E-state index < -0.39 is 0 Å². The number of allylic oxidation sites excluding steroid dienone is 2. The van der Waals surface area contributed by atoms with Crippen LogP contribution in [0.3, 0.4) is 0 Å². The van der Waals surface area contributed by atoms with Crippen LogP contribution in [-0.4, -0.2) is 6.54 Å². The fourth-order valence-corrected chi connectivity index (χ4v) is 3.11. The smallest absolute Gasteiger partial charge is 0.0659 e. The lowest BCUT2D eigenvalue weighted by Crippen LogP contribution is -2.00. The van der Waals surface area contributed by atoms with Gasteiger partial charge in [0, 0.05) is 24.2 Å². The molecule has 0 bridgehead atoms. The zero-order valence-electron chi connectivity index (χ0n) is 14.2. The van der Waals surface area contributed by atoms with E-state index in [1.165, 1.54) is 33.5 Å². The summed E-state index contributed by atoms with van der Waals surface area (Å²) in [5.41, 5.74) is 9.75. The van der Waals surface area contributed by atoms with Crippen molar-refractivity contribution in [2.45, 2.75) is 27.2 Å². The maximum Gasteiger partial charge on any atom is 0.0659 e. The third kappa shape index (κ3) is 3.02. The highest BCUT2D eigenvalue weighted by Gasteiger charge is 2.14. The van der Waals surface area contributed by atoms with Gasteiger partial charge in [0.1, 0.15) is 0 Å². The van der Waals surface area contributed by atoms with E-state index in [1.807, 2.05) is 0 Å². The summed E-state index contributed by atoms with van der Waals surface area (Å²) >= 11 is 0. The molecule has 1 aliphatic rings. The Morgan fingerprint density at radius 2 is 2.04 bits per heavy atom. The van der Waals surface area contributed by atoms with Crippen LogP contribution in [0.1, 0.15) is 31.4 Å². The fourth-order valence-electron chi connectivity index (χ4n) is 3.11. The summed E-state index contributed by atoms with van der Waals surface area (Å²) < 4.78 is 0. The van der Waals surface area contributed by atoms with Crippen LogP contribution >= 0.6 is 0 Å². The number of benzene rings is 2. The molecule has 2 aromatic carbocycles. The molecule has 0 unspecified atom stereocenters. The van der Waals surface area contributed by atoms with E-state index in [1.54, 1.807) is 0 Å². The monoisotopic (exact) mass is 304 g/mol. The van der Waals surface area contributed by atoms with Gasteiger partial charge in [0.05, 0.1) is 11.4 Å². The molecule has 118 valence electrons. The Morgan fingerprint density at radius 3 is 2.78 bits per heavy atom. The molecule has 0 atom stereocenters. The van der Waals surface area contributed by atoms with Crippen LogP contribution in [0.5, 0.6) is 0 Å². The molecule has 2 N–H and O–H groups in total. The summed E-state index contributed by atoms with van der Waals surface area (Å²) in [6.45, 7) is 11.4. The van der Waals surface area contributed by atoms with Crippen molar-refractivity contribution in [3.8, 4) is 11.1 Å². The van der Waals surface area contributed by atoms with Crippen molar-refractivity contribution in [3.05, 3.63) is 65.9 Å². The van der Waals surface area contributed by atoms with Crippen molar-refractivity contribution >= 4 is 16.9 Å². The van der Waals surface area contributed by atoms with Gasteiger partial charge < -0.3 is 10.6 Å². The van der Waals surface area contributed by atoms with Gasteiger partial charge in [-0.05, 0) is 49.1 Å². The van der Waals surface area contributed by atoms with Gasteiger partial charge in [0.25, 0.3) is 0 Å². The second-order valence-corrected chi connectivity index (χ2v) is 6.13. The van der Waals surface area contributed by atoms with Gasteiger partial charge in [-0.3, -0.25) is 0 Å². The number of para-hydroxylation sites is 1. The molecule has 0 radical (unpaired) electrons. The lowest BCUT2D eigenvalue weighted by atomic mass is 9.95. The average molecular weight is 304 g/mol. The number of nitrogens with one attached hydrogen (secondary N) is 2.